The molecule has 1 aromatic rings. The highest BCUT2D eigenvalue weighted by molar-refractivity contribution is 9.10. The summed E-state index contributed by atoms with van der Waals surface area (Å²) in [5, 5.41) is 3.04. The van der Waals surface area contributed by atoms with Crippen LogP contribution < -0.4 is 10.2 Å². The van der Waals surface area contributed by atoms with Crippen LogP contribution in [-0.4, -0.2) is 25.0 Å². The standard InChI is InChI=1S/C12H13BrF2N2O/c1-2-16-10-3-4-17(12(10)18)11-5-7(13)8(14)6-9(11)15/h5-6,10,16H,2-4H2,1H3. The van der Waals surface area contributed by atoms with Gasteiger partial charge >= 0.3 is 0 Å². The van der Waals surface area contributed by atoms with E-state index >= 15 is 0 Å². The number of amides is 1. The van der Waals surface area contributed by atoms with Crippen molar-refractivity contribution >= 4 is 27.5 Å². The molecule has 1 unspecified atom stereocenters. The minimum absolute atomic E-state index is 0.119. The molecule has 1 saturated heterocycles. The molecule has 1 heterocycles. The number of carbonyl (C=O) groups excluding carboxylic acids is 1. The van der Waals surface area contributed by atoms with Gasteiger partial charge in [0.1, 0.15) is 11.6 Å². The van der Waals surface area contributed by atoms with Gasteiger partial charge in [-0.05, 0) is 35.0 Å². The molecule has 1 N–H and O–H groups in total. The molecule has 1 amide bonds. The smallest absolute Gasteiger partial charge is 0.244 e. The molecule has 0 radical (unpaired) electrons. The second-order valence-electron chi connectivity index (χ2n) is 4.11. The van der Waals surface area contributed by atoms with Crippen molar-refractivity contribution in [3.63, 3.8) is 0 Å². The van der Waals surface area contributed by atoms with Gasteiger partial charge in [-0.3, -0.25) is 4.79 Å². The van der Waals surface area contributed by atoms with Crippen LogP contribution >= 0.6 is 15.9 Å². The summed E-state index contributed by atoms with van der Waals surface area (Å²) >= 11 is 3.00. The van der Waals surface area contributed by atoms with E-state index < -0.39 is 11.6 Å². The summed E-state index contributed by atoms with van der Waals surface area (Å²) in [4.78, 5) is 13.4. The normalized spacial score (nSPS) is 19.7. The van der Waals surface area contributed by atoms with Crippen molar-refractivity contribution in [2.24, 2.45) is 0 Å². The lowest BCUT2D eigenvalue weighted by Gasteiger charge is -2.18. The monoisotopic (exact) mass is 318 g/mol. The summed E-state index contributed by atoms with van der Waals surface area (Å²) in [5.74, 6) is -1.57. The Morgan fingerprint density at radius 2 is 2.17 bits per heavy atom. The van der Waals surface area contributed by atoms with Crippen molar-refractivity contribution in [1.82, 2.24) is 5.32 Å². The number of carbonyl (C=O) groups is 1. The number of anilines is 1. The molecule has 0 spiro atoms. The van der Waals surface area contributed by atoms with Gasteiger partial charge in [-0.1, -0.05) is 6.92 Å². The Balaban J connectivity index is 2.28. The highest BCUT2D eigenvalue weighted by atomic mass is 79.9. The number of halogens is 3. The minimum Gasteiger partial charge on any atom is -0.308 e. The number of hydrogen-bond donors (Lipinski definition) is 1. The van der Waals surface area contributed by atoms with Gasteiger partial charge in [-0.25, -0.2) is 8.78 Å². The van der Waals surface area contributed by atoms with E-state index in [0.29, 0.717) is 19.5 Å². The first kappa shape index (κ1) is 13.4. The van der Waals surface area contributed by atoms with Crippen LogP contribution in [0.15, 0.2) is 16.6 Å². The van der Waals surface area contributed by atoms with Crippen LogP contribution in [0.2, 0.25) is 0 Å². The summed E-state index contributed by atoms with van der Waals surface area (Å²) in [6.45, 7) is 3.02. The molecule has 0 aliphatic carbocycles. The van der Waals surface area contributed by atoms with Crippen LogP contribution in [0.5, 0.6) is 0 Å². The van der Waals surface area contributed by atoms with E-state index in [9.17, 15) is 13.6 Å². The Kier molecular flexibility index (Phi) is 3.97. The highest BCUT2D eigenvalue weighted by Gasteiger charge is 2.33. The zero-order valence-electron chi connectivity index (χ0n) is 9.84. The van der Waals surface area contributed by atoms with E-state index in [1.54, 1.807) is 0 Å². The first-order valence-corrected chi connectivity index (χ1v) is 6.53. The van der Waals surface area contributed by atoms with E-state index in [1.807, 2.05) is 6.92 Å². The van der Waals surface area contributed by atoms with Gasteiger partial charge in [-0.2, -0.15) is 0 Å². The van der Waals surface area contributed by atoms with E-state index in [0.717, 1.165) is 6.07 Å². The van der Waals surface area contributed by atoms with E-state index in [1.165, 1.54) is 11.0 Å². The lowest BCUT2D eigenvalue weighted by Crippen LogP contribution is -2.38. The van der Waals surface area contributed by atoms with Crippen LogP contribution in [0, 0.1) is 11.6 Å². The Hall–Kier alpha value is -1.01. The zero-order chi connectivity index (χ0) is 13.3. The van der Waals surface area contributed by atoms with Crippen molar-refractivity contribution < 1.29 is 13.6 Å². The van der Waals surface area contributed by atoms with Crippen LogP contribution in [0.3, 0.4) is 0 Å². The Morgan fingerprint density at radius 1 is 1.44 bits per heavy atom. The molecule has 6 heteroatoms. The quantitative estimate of drug-likeness (QED) is 0.868. The highest BCUT2D eigenvalue weighted by Crippen LogP contribution is 2.29. The van der Waals surface area contributed by atoms with Crippen LogP contribution in [-0.2, 0) is 4.79 Å². The molecule has 18 heavy (non-hydrogen) atoms. The Morgan fingerprint density at radius 3 is 2.83 bits per heavy atom. The molecule has 3 nitrogen and oxygen atoms in total. The van der Waals surface area contributed by atoms with Crippen LogP contribution in [0.25, 0.3) is 0 Å². The molecular weight excluding hydrogens is 306 g/mol. The Labute approximate surface area is 112 Å². The number of likely N-dealkylation sites (N-methyl/N-ethyl adjacent to an activating group) is 1. The first-order valence-electron chi connectivity index (χ1n) is 5.74. The van der Waals surface area contributed by atoms with Gasteiger partial charge in [-0.15, -0.1) is 0 Å². The number of nitrogens with one attached hydrogen (secondary N) is 1. The number of hydrogen-bond acceptors (Lipinski definition) is 2. The molecular formula is C12H13BrF2N2O. The topological polar surface area (TPSA) is 32.3 Å². The van der Waals surface area contributed by atoms with E-state index in [-0.39, 0.29) is 22.1 Å². The molecule has 1 aliphatic rings. The van der Waals surface area contributed by atoms with Crippen molar-refractivity contribution in [3.05, 3.63) is 28.2 Å². The maximum Gasteiger partial charge on any atom is 0.244 e. The fourth-order valence-electron chi connectivity index (χ4n) is 2.07. The second kappa shape index (κ2) is 5.32. The summed E-state index contributed by atoms with van der Waals surface area (Å²) in [7, 11) is 0. The van der Waals surface area contributed by atoms with Crippen molar-refractivity contribution in [1.29, 1.82) is 0 Å². The molecule has 0 bridgehead atoms. The fourth-order valence-corrected chi connectivity index (χ4v) is 2.41. The largest absolute Gasteiger partial charge is 0.308 e. The third-order valence-electron chi connectivity index (χ3n) is 2.94. The molecule has 0 saturated carbocycles. The van der Waals surface area contributed by atoms with Gasteiger partial charge in [0.2, 0.25) is 5.91 Å². The van der Waals surface area contributed by atoms with E-state index in [4.69, 9.17) is 0 Å². The molecule has 1 atom stereocenters. The average Bonchev–Trinajstić information content (AvgIpc) is 2.67. The maximum absolute atomic E-state index is 13.7. The molecule has 1 fully saturated rings. The van der Waals surface area contributed by atoms with E-state index in [2.05, 4.69) is 21.2 Å². The summed E-state index contributed by atoms with van der Waals surface area (Å²) in [6, 6.07) is 1.81. The molecule has 1 aliphatic heterocycles. The third kappa shape index (κ3) is 2.40. The third-order valence-corrected chi connectivity index (χ3v) is 3.54. The van der Waals surface area contributed by atoms with Gasteiger partial charge in [0, 0.05) is 12.6 Å². The fraction of sp³-hybridized carbons (Fsp3) is 0.417. The number of nitrogens with zero attached hydrogens (tertiary/aromatic N) is 1. The summed E-state index contributed by atoms with van der Waals surface area (Å²) < 4.78 is 27.0. The minimum atomic E-state index is -0.721. The summed E-state index contributed by atoms with van der Waals surface area (Å²) in [6.07, 6.45) is 0.626. The SMILES string of the molecule is CCNC1CCN(c2cc(Br)c(F)cc2F)C1=O. The predicted octanol–water partition coefficient (Wildman–Crippen LogP) is 2.44. The van der Waals surface area contributed by atoms with Crippen molar-refractivity contribution in [2.45, 2.75) is 19.4 Å². The lowest BCUT2D eigenvalue weighted by atomic mass is 10.2. The Bertz CT molecular complexity index is 481. The van der Waals surface area contributed by atoms with Gasteiger partial charge in [0.25, 0.3) is 0 Å². The maximum atomic E-state index is 13.7. The lowest BCUT2D eigenvalue weighted by molar-refractivity contribution is -0.118. The average molecular weight is 319 g/mol. The molecule has 1 aromatic carbocycles. The predicted molar refractivity (Wildman–Crippen MR) is 68.5 cm³/mol. The summed E-state index contributed by atoms with van der Waals surface area (Å²) in [5.41, 5.74) is 0.119. The number of rotatable bonds is 3. The van der Waals surface area contributed by atoms with Crippen LogP contribution in [0.1, 0.15) is 13.3 Å². The number of benzene rings is 1. The van der Waals surface area contributed by atoms with Crippen molar-refractivity contribution in [3.8, 4) is 0 Å². The van der Waals surface area contributed by atoms with Gasteiger partial charge < -0.3 is 10.2 Å². The van der Waals surface area contributed by atoms with Gasteiger partial charge in [0.15, 0.2) is 0 Å². The first-order chi connectivity index (χ1) is 8.54. The zero-order valence-corrected chi connectivity index (χ0v) is 11.4. The molecule has 2 rings (SSSR count). The molecule has 98 valence electrons. The van der Waals surface area contributed by atoms with Crippen LogP contribution in [0.4, 0.5) is 14.5 Å². The van der Waals surface area contributed by atoms with Gasteiger partial charge in [0.05, 0.1) is 16.2 Å². The second-order valence-corrected chi connectivity index (χ2v) is 4.96. The molecule has 0 aromatic heterocycles. The van der Waals surface area contributed by atoms with Crippen molar-refractivity contribution in [2.75, 3.05) is 18.0 Å².